The predicted octanol–water partition coefficient (Wildman–Crippen LogP) is 5.57. The summed E-state index contributed by atoms with van der Waals surface area (Å²) in [6, 6.07) is 11.5. The predicted molar refractivity (Wildman–Crippen MR) is 145 cm³/mol. The van der Waals surface area contributed by atoms with Gasteiger partial charge in [0.15, 0.2) is 0 Å². The van der Waals surface area contributed by atoms with E-state index in [1.807, 2.05) is 6.07 Å². The van der Waals surface area contributed by atoms with Crippen molar-refractivity contribution in [2.75, 3.05) is 20.6 Å². The molecule has 0 radical (unpaired) electrons. The summed E-state index contributed by atoms with van der Waals surface area (Å²) in [7, 11) is -8.15. The van der Waals surface area contributed by atoms with Crippen molar-refractivity contribution in [1.82, 2.24) is 0 Å². The van der Waals surface area contributed by atoms with Gasteiger partial charge in [-0.3, -0.25) is 13.8 Å². The molecular weight excluding hydrogens is 579 g/mol. The summed E-state index contributed by atoms with van der Waals surface area (Å²) in [6.45, 7) is 4.93. The molecule has 0 aromatic heterocycles. The number of aryl methyl sites for hydroxylation is 2. The zero-order valence-electron chi connectivity index (χ0n) is 21.2. The summed E-state index contributed by atoms with van der Waals surface area (Å²) >= 11 is 5.58. The minimum absolute atomic E-state index is 0.172. The van der Waals surface area contributed by atoms with Gasteiger partial charge >= 0.3 is 6.18 Å². The smallest absolute Gasteiger partial charge is 0.324 e. The van der Waals surface area contributed by atoms with Gasteiger partial charge in [0.1, 0.15) is 6.04 Å². The molecular formula is C25H25ClF3N3O5S2. The van der Waals surface area contributed by atoms with Crippen LogP contribution in [-0.2, 0) is 31.0 Å². The zero-order valence-corrected chi connectivity index (χ0v) is 23.6. The average Bonchev–Trinajstić information content (AvgIpc) is 2.81. The summed E-state index contributed by atoms with van der Waals surface area (Å²) in [5.74, 6) is -0.670. The maximum atomic E-state index is 13.1. The lowest BCUT2D eigenvalue weighted by Crippen LogP contribution is -2.45. The number of hydrogen-bond acceptors (Lipinski definition) is 5. The van der Waals surface area contributed by atoms with Gasteiger partial charge in [-0.15, -0.1) is 0 Å². The van der Waals surface area contributed by atoms with Gasteiger partial charge in [0, 0.05) is 11.4 Å². The summed E-state index contributed by atoms with van der Waals surface area (Å²) in [4.78, 5) is 12.7. The van der Waals surface area contributed by atoms with Crippen molar-refractivity contribution in [3.05, 3.63) is 82.4 Å². The third-order valence-electron chi connectivity index (χ3n) is 5.65. The molecule has 2 N–H and O–H groups in total. The number of hydrogen-bond donors (Lipinski definition) is 2. The van der Waals surface area contributed by atoms with Crippen LogP contribution < -0.4 is 14.3 Å². The van der Waals surface area contributed by atoms with E-state index >= 15 is 0 Å². The SMILES string of the molecule is Cc1ccc(C)c(N([C@@H](C)C(=O)Nc2ccc(S(=O)(=O)Nc3ccc(Cl)c(C(F)(F)F)c3)cc2)S(C)(=O)=O)c1. The molecule has 0 saturated heterocycles. The van der Waals surface area contributed by atoms with Gasteiger partial charge in [0.05, 0.1) is 27.4 Å². The Bertz CT molecular complexity index is 1610. The van der Waals surface area contributed by atoms with E-state index in [-0.39, 0.29) is 16.3 Å². The van der Waals surface area contributed by atoms with E-state index in [4.69, 9.17) is 11.6 Å². The summed E-state index contributed by atoms with van der Waals surface area (Å²) in [5.41, 5.74) is 0.437. The lowest BCUT2D eigenvalue weighted by molar-refractivity contribution is -0.137. The molecule has 0 bridgehead atoms. The highest BCUT2D eigenvalue weighted by atomic mass is 35.5. The number of rotatable bonds is 8. The Hall–Kier alpha value is -3.29. The molecule has 0 aliphatic rings. The lowest BCUT2D eigenvalue weighted by Gasteiger charge is -2.29. The highest BCUT2D eigenvalue weighted by Crippen LogP contribution is 2.36. The number of amides is 1. The molecule has 0 spiro atoms. The van der Waals surface area contributed by atoms with Crippen molar-refractivity contribution in [3.63, 3.8) is 0 Å². The van der Waals surface area contributed by atoms with Crippen LogP contribution in [0.4, 0.5) is 30.2 Å². The van der Waals surface area contributed by atoms with Gasteiger partial charge in [-0.1, -0.05) is 23.7 Å². The summed E-state index contributed by atoms with van der Waals surface area (Å²) < 4.78 is 93.0. The van der Waals surface area contributed by atoms with Crippen LogP contribution in [0, 0.1) is 13.8 Å². The Kier molecular flexibility index (Phi) is 8.58. The molecule has 3 aromatic carbocycles. The molecule has 1 amide bonds. The number of alkyl halides is 3. The van der Waals surface area contributed by atoms with Gasteiger partial charge in [0.2, 0.25) is 15.9 Å². The largest absolute Gasteiger partial charge is 0.417 e. The second-order valence-corrected chi connectivity index (χ2v) is 12.8. The monoisotopic (exact) mass is 603 g/mol. The maximum Gasteiger partial charge on any atom is 0.417 e. The number of halogens is 4. The van der Waals surface area contributed by atoms with E-state index in [1.165, 1.54) is 19.1 Å². The fraction of sp³-hybridized carbons (Fsp3) is 0.240. The topological polar surface area (TPSA) is 113 Å². The van der Waals surface area contributed by atoms with Gasteiger partial charge in [-0.05, 0) is 80.4 Å². The molecule has 14 heteroatoms. The fourth-order valence-corrected chi connectivity index (χ4v) is 6.22. The number of anilines is 3. The van der Waals surface area contributed by atoms with Crippen LogP contribution in [0.5, 0.6) is 0 Å². The minimum Gasteiger partial charge on any atom is -0.324 e. The van der Waals surface area contributed by atoms with Crippen molar-refractivity contribution < 1.29 is 34.8 Å². The van der Waals surface area contributed by atoms with Gasteiger partial charge < -0.3 is 5.32 Å². The Morgan fingerprint density at radius 3 is 2.08 bits per heavy atom. The highest BCUT2D eigenvalue weighted by molar-refractivity contribution is 7.92. The van der Waals surface area contributed by atoms with Crippen LogP contribution >= 0.6 is 11.6 Å². The number of nitrogens with one attached hydrogen (secondary N) is 2. The Labute approximate surface area is 229 Å². The minimum atomic E-state index is -4.78. The van der Waals surface area contributed by atoms with E-state index in [9.17, 15) is 34.8 Å². The molecule has 210 valence electrons. The van der Waals surface area contributed by atoms with Crippen LogP contribution in [0.15, 0.2) is 65.6 Å². The summed E-state index contributed by atoms with van der Waals surface area (Å²) in [5, 5.41) is 1.98. The molecule has 8 nitrogen and oxygen atoms in total. The number of nitrogens with zero attached hydrogens (tertiary/aromatic N) is 1. The molecule has 1 atom stereocenters. The molecule has 0 unspecified atom stereocenters. The van der Waals surface area contributed by atoms with E-state index in [2.05, 4.69) is 10.0 Å². The number of carbonyl (C=O) groups is 1. The first-order valence-electron chi connectivity index (χ1n) is 11.3. The van der Waals surface area contributed by atoms with Crippen molar-refractivity contribution >= 4 is 54.6 Å². The first kappa shape index (κ1) is 30.3. The van der Waals surface area contributed by atoms with E-state index in [1.54, 1.807) is 26.0 Å². The quantitative estimate of drug-likeness (QED) is 0.350. The number of sulfonamides is 2. The molecule has 3 aromatic rings. The first-order valence-corrected chi connectivity index (χ1v) is 15.0. The molecule has 0 aliphatic heterocycles. The van der Waals surface area contributed by atoms with Crippen molar-refractivity contribution in [2.45, 2.75) is 37.9 Å². The maximum absolute atomic E-state index is 13.1. The third-order valence-corrected chi connectivity index (χ3v) is 8.60. The van der Waals surface area contributed by atoms with Crippen molar-refractivity contribution in [1.29, 1.82) is 0 Å². The molecule has 3 rings (SSSR count). The standard InChI is InChI=1S/C25H25ClF3N3O5S2/c1-15-5-6-16(2)23(13-15)32(38(4,34)35)17(3)24(33)30-18-7-10-20(11-8-18)39(36,37)31-19-9-12-22(26)21(14-19)25(27,28)29/h5-14,17,31H,1-4H3,(H,30,33)/t17-/m0/s1. The number of carbonyl (C=O) groups excluding carboxylic acids is 1. The lowest BCUT2D eigenvalue weighted by atomic mass is 10.1. The Balaban J connectivity index is 1.80. The van der Waals surface area contributed by atoms with Gasteiger partial charge in [-0.2, -0.15) is 13.2 Å². The van der Waals surface area contributed by atoms with Crippen molar-refractivity contribution in [3.8, 4) is 0 Å². The molecule has 0 fully saturated rings. The second-order valence-electron chi connectivity index (χ2n) is 8.84. The molecule has 39 heavy (non-hydrogen) atoms. The summed E-state index contributed by atoms with van der Waals surface area (Å²) in [6.07, 6.45) is -3.79. The van der Waals surface area contributed by atoms with Crippen LogP contribution in [0.1, 0.15) is 23.6 Å². The van der Waals surface area contributed by atoms with Crippen LogP contribution in [-0.4, -0.2) is 35.0 Å². The number of benzene rings is 3. The van der Waals surface area contributed by atoms with Crippen LogP contribution in [0.2, 0.25) is 5.02 Å². The molecule has 0 saturated carbocycles. The zero-order chi connectivity index (χ0) is 29.3. The Morgan fingerprint density at radius 1 is 0.923 bits per heavy atom. The normalized spacial score (nSPS) is 13.0. The van der Waals surface area contributed by atoms with E-state index in [0.717, 1.165) is 40.4 Å². The average molecular weight is 604 g/mol. The van der Waals surface area contributed by atoms with Gasteiger partial charge in [0.25, 0.3) is 10.0 Å². The van der Waals surface area contributed by atoms with Crippen LogP contribution in [0.25, 0.3) is 0 Å². The van der Waals surface area contributed by atoms with Crippen molar-refractivity contribution in [2.24, 2.45) is 0 Å². The van der Waals surface area contributed by atoms with Gasteiger partial charge in [-0.25, -0.2) is 16.8 Å². The fourth-order valence-electron chi connectivity index (χ4n) is 3.72. The van der Waals surface area contributed by atoms with E-state index < -0.39 is 48.8 Å². The second kappa shape index (κ2) is 11.1. The third kappa shape index (κ3) is 7.22. The molecule has 0 heterocycles. The van der Waals surface area contributed by atoms with E-state index in [0.29, 0.717) is 17.3 Å². The molecule has 0 aliphatic carbocycles. The van der Waals surface area contributed by atoms with Crippen LogP contribution in [0.3, 0.4) is 0 Å². The Morgan fingerprint density at radius 2 is 1.51 bits per heavy atom. The highest BCUT2D eigenvalue weighted by Gasteiger charge is 2.34. The first-order chi connectivity index (χ1) is 17.9.